The lowest BCUT2D eigenvalue weighted by atomic mass is 9.84. The average Bonchev–Trinajstić information content (AvgIpc) is 3.16. The number of aliphatic hydroxyl groups is 1. The van der Waals surface area contributed by atoms with Gasteiger partial charge in [0.05, 0.1) is 12.6 Å². The quantitative estimate of drug-likeness (QED) is 0.363. The number of unbranched alkanes of at least 4 members (excludes halogenated alkanes) is 1. The Balaban J connectivity index is 1.83. The van der Waals surface area contributed by atoms with E-state index in [4.69, 9.17) is 4.74 Å². The molecule has 2 rings (SSSR count). The van der Waals surface area contributed by atoms with Crippen LogP contribution in [0.3, 0.4) is 0 Å². The second kappa shape index (κ2) is 13.7. The predicted molar refractivity (Wildman–Crippen MR) is 123 cm³/mol. The summed E-state index contributed by atoms with van der Waals surface area (Å²) in [5, 5.41) is 18.0. The lowest BCUT2D eigenvalue weighted by molar-refractivity contribution is -0.126. The van der Waals surface area contributed by atoms with E-state index in [2.05, 4.69) is 22.9 Å². The third kappa shape index (κ3) is 8.96. The first-order valence-electron chi connectivity index (χ1n) is 12.5. The van der Waals surface area contributed by atoms with Crippen LogP contribution in [-0.2, 0) is 14.3 Å². The van der Waals surface area contributed by atoms with Crippen molar-refractivity contribution in [3.05, 3.63) is 0 Å². The van der Waals surface area contributed by atoms with Crippen LogP contribution in [0.2, 0.25) is 0 Å². The van der Waals surface area contributed by atoms with E-state index in [9.17, 15) is 19.5 Å². The van der Waals surface area contributed by atoms with Gasteiger partial charge in [-0.2, -0.15) is 0 Å². The highest BCUT2D eigenvalue weighted by atomic mass is 16.6. The number of amides is 3. The molecule has 32 heavy (non-hydrogen) atoms. The molecule has 3 atom stereocenters. The molecule has 1 aliphatic heterocycles. The summed E-state index contributed by atoms with van der Waals surface area (Å²) in [4.78, 5) is 37.2. The molecule has 0 unspecified atom stereocenters. The van der Waals surface area contributed by atoms with Gasteiger partial charge in [0, 0.05) is 12.5 Å². The Morgan fingerprint density at radius 2 is 1.88 bits per heavy atom. The summed E-state index contributed by atoms with van der Waals surface area (Å²) in [6, 6.07) is -1.27. The van der Waals surface area contributed by atoms with E-state index >= 15 is 0 Å². The molecule has 4 N–H and O–H groups in total. The second-order valence-corrected chi connectivity index (χ2v) is 9.92. The number of hydrogen-bond donors (Lipinski definition) is 4. The van der Waals surface area contributed by atoms with Gasteiger partial charge in [-0.25, -0.2) is 4.79 Å². The van der Waals surface area contributed by atoms with Crippen LogP contribution in [0, 0.1) is 17.8 Å². The van der Waals surface area contributed by atoms with Crippen LogP contribution in [0.25, 0.3) is 0 Å². The average molecular weight is 454 g/mol. The van der Waals surface area contributed by atoms with E-state index in [0.29, 0.717) is 25.8 Å². The maximum atomic E-state index is 12.9. The minimum Gasteiger partial charge on any atom is -0.446 e. The van der Waals surface area contributed by atoms with Crippen molar-refractivity contribution in [2.75, 3.05) is 13.2 Å². The van der Waals surface area contributed by atoms with Crippen molar-refractivity contribution in [2.24, 2.45) is 17.8 Å². The second-order valence-electron chi connectivity index (χ2n) is 9.92. The molecule has 0 aromatic rings. The van der Waals surface area contributed by atoms with E-state index in [1.54, 1.807) is 0 Å². The number of carbonyl (C=O) groups excluding carboxylic acids is 3. The summed E-state index contributed by atoms with van der Waals surface area (Å²) in [5.74, 6) is 0.322. The number of nitrogens with one attached hydrogen (secondary N) is 3. The lowest BCUT2D eigenvalue weighted by Gasteiger charge is -2.29. The molecule has 1 aliphatic carbocycles. The van der Waals surface area contributed by atoms with Gasteiger partial charge in [0.15, 0.2) is 0 Å². The van der Waals surface area contributed by atoms with Gasteiger partial charge < -0.3 is 25.8 Å². The third-order valence-electron chi connectivity index (χ3n) is 6.65. The minimum atomic E-state index is -0.741. The number of carbonyl (C=O) groups is 3. The van der Waals surface area contributed by atoms with Crippen LogP contribution < -0.4 is 16.0 Å². The number of rotatable bonds is 12. The molecule has 0 aromatic carbocycles. The van der Waals surface area contributed by atoms with Crippen LogP contribution >= 0.6 is 0 Å². The normalized spacial score (nSPS) is 25.2. The van der Waals surface area contributed by atoms with Gasteiger partial charge in [-0.15, -0.1) is 0 Å². The number of alkyl carbamates (subject to hydrolysis) is 1. The van der Waals surface area contributed by atoms with E-state index in [-0.39, 0.29) is 36.4 Å². The largest absolute Gasteiger partial charge is 0.446 e. The summed E-state index contributed by atoms with van der Waals surface area (Å²) in [6.07, 6.45) is 8.53. The Hall–Kier alpha value is -1.83. The molecule has 0 bridgehead atoms. The summed E-state index contributed by atoms with van der Waals surface area (Å²) >= 11 is 0. The van der Waals surface area contributed by atoms with Crippen molar-refractivity contribution >= 4 is 17.9 Å². The van der Waals surface area contributed by atoms with Crippen LogP contribution in [0.4, 0.5) is 4.79 Å². The lowest BCUT2D eigenvalue weighted by Crippen LogP contribution is -2.52. The Bertz CT molecular complexity index is 604. The monoisotopic (exact) mass is 453 g/mol. The van der Waals surface area contributed by atoms with Crippen molar-refractivity contribution < 1.29 is 24.2 Å². The molecule has 8 heteroatoms. The highest BCUT2D eigenvalue weighted by molar-refractivity contribution is 5.86. The zero-order valence-electron chi connectivity index (χ0n) is 20.0. The molecular formula is C24H43N3O5. The summed E-state index contributed by atoms with van der Waals surface area (Å²) in [7, 11) is 0. The highest BCUT2D eigenvalue weighted by Gasteiger charge is 2.31. The fourth-order valence-corrected chi connectivity index (χ4v) is 4.76. The topological polar surface area (TPSA) is 117 Å². The van der Waals surface area contributed by atoms with E-state index in [1.807, 2.05) is 13.8 Å². The van der Waals surface area contributed by atoms with E-state index < -0.39 is 18.2 Å². The molecule has 0 spiro atoms. The Morgan fingerprint density at radius 3 is 2.44 bits per heavy atom. The van der Waals surface area contributed by atoms with Gasteiger partial charge in [0.1, 0.15) is 12.1 Å². The number of hydrogen-bond acceptors (Lipinski definition) is 5. The number of ether oxygens (including phenoxy) is 1. The Labute approximate surface area is 192 Å². The Morgan fingerprint density at radius 1 is 1.16 bits per heavy atom. The van der Waals surface area contributed by atoms with Gasteiger partial charge in [-0.1, -0.05) is 40.0 Å². The first-order valence-corrected chi connectivity index (χ1v) is 12.5. The first-order chi connectivity index (χ1) is 15.3. The van der Waals surface area contributed by atoms with Gasteiger partial charge in [0.2, 0.25) is 11.8 Å². The van der Waals surface area contributed by atoms with E-state index in [0.717, 1.165) is 31.6 Å². The summed E-state index contributed by atoms with van der Waals surface area (Å²) in [6.45, 7) is 6.54. The zero-order chi connectivity index (χ0) is 23.5. The van der Waals surface area contributed by atoms with Gasteiger partial charge in [-0.05, 0) is 56.8 Å². The zero-order valence-corrected chi connectivity index (χ0v) is 20.0. The molecule has 184 valence electrons. The predicted octanol–water partition coefficient (Wildman–Crippen LogP) is 2.88. The maximum Gasteiger partial charge on any atom is 0.408 e. The van der Waals surface area contributed by atoms with Crippen molar-refractivity contribution in [1.82, 2.24) is 16.0 Å². The van der Waals surface area contributed by atoms with Crippen molar-refractivity contribution in [3.8, 4) is 0 Å². The van der Waals surface area contributed by atoms with Crippen molar-refractivity contribution in [2.45, 2.75) is 103 Å². The molecule has 1 saturated heterocycles. The van der Waals surface area contributed by atoms with Gasteiger partial charge in [0.25, 0.3) is 0 Å². The summed E-state index contributed by atoms with van der Waals surface area (Å²) in [5.41, 5.74) is 0. The molecule has 1 heterocycles. The maximum absolute atomic E-state index is 12.9. The van der Waals surface area contributed by atoms with Gasteiger partial charge >= 0.3 is 6.09 Å². The van der Waals surface area contributed by atoms with E-state index in [1.165, 1.54) is 19.3 Å². The van der Waals surface area contributed by atoms with Crippen LogP contribution in [0.15, 0.2) is 0 Å². The molecule has 1 saturated carbocycles. The standard InChI is InChI=1S/C24H43N3O5/c1-4-5-6-17-7-9-20(10-8-17)32-24(31)27-21(13-16(2)3)23(30)26-19(15-28)14-18-11-12-25-22(18)29/h16-21,28H,4-15H2,1-3H3,(H,25,29)(H,26,30)(H,27,31)/t17?,18-,19-,20?,21-/m0/s1. The molecule has 0 radical (unpaired) electrons. The number of aliphatic hydroxyl groups excluding tert-OH is 1. The van der Waals surface area contributed by atoms with Crippen LogP contribution in [0.5, 0.6) is 0 Å². The smallest absolute Gasteiger partial charge is 0.408 e. The van der Waals surface area contributed by atoms with Crippen molar-refractivity contribution in [1.29, 1.82) is 0 Å². The third-order valence-corrected chi connectivity index (χ3v) is 6.65. The fourth-order valence-electron chi connectivity index (χ4n) is 4.76. The van der Waals surface area contributed by atoms with Crippen LogP contribution in [0.1, 0.15) is 85.0 Å². The molecule has 2 fully saturated rings. The summed E-state index contributed by atoms with van der Waals surface area (Å²) < 4.78 is 5.63. The molecular weight excluding hydrogens is 410 g/mol. The molecule has 8 nitrogen and oxygen atoms in total. The molecule has 2 aliphatic rings. The van der Waals surface area contributed by atoms with Gasteiger partial charge in [-0.3, -0.25) is 9.59 Å². The minimum absolute atomic E-state index is 0.0393. The highest BCUT2D eigenvalue weighted by Crippen LogP contribution is 2.29. The molecule has 3 amide bonds. The molecule has 0 aromatic heterocycles. The van der Waals surface area contributed by atoms with Crippen LogP contribution in [-0.4, -0.2) is 54.4 Å². The first kappa shape index (κ1) is 26.4. The fraction of sp³-hybridized carbons (Fsp3) is 0.875. The SMILES string of the molecule is CCCCC1CCC(OC(=O)N[C@@H](CC(C)C)C(=O)N[C@H](CO)C[C@@H]2CCNC2=O)CC1. The Kier molecular flexibility index (Phi) is 11.3. The van der Waals surface area contributed by atoms with Crippen molar-refractivity contribution in [3.63, 3.8) is 0 Å².